The molecule has 0 aromatic carbocycles. The third-order valence-corrected chi connectivity index (χ3v) is 6.23. The van der Waals surface area contributed by atoms with Gasteiger partial charge in [-0.15, -0.1) is 23.2 Å². The van der Waals surface area contributed by atoms with Crippen LogP contribution in [0.2, 0.25) is 0 Å². The zero-order chi connectivity index (χ0) is 14.7. The first-order chi connectivity index (χ1) is 9.56. The molecule has 0 aromatic heterocycles. The Labute approximate surface area is 132 Å². The highest BCUT2D eigenvalue weighted by molar-refractivity contribution is 6.30. The standard InChI is InChI=1S/C15H27Cl2NO2/c1-2-14(18-5-3-10(9-19)4-6-18)11-7-12(16)13(17)8-15(11)20/h10-15,19-20H,2-9H2,1H3. The van der Waals surface area contributed by atoms with Crippen LogP contribution in [0.1, 0.15) is 39.0 Å². The highest BCUT2D eigenvalue weighted by Gasteiger charge is 2.40. The number of aliphatic hydroxyl groups is 2. The highest BCUT2D eigenvalue weighted by Crippen LogP contribution is 2.37. The molecule has 2 N–H and O–H groups in total. The lowest BCUT2D eigenvalue weighted by Gasteiger charge is -2.45. The molecule has 0 spiro atoms. The molecule has 0 radical (unpaired) electrons. The molecule has 2 fully saturated rings. The van der Waals surface area contributed by atoms with Gasteiger partial charge in [0.2, 0.25) is 0 Å². The lowest BCUT2D eigenvalue weighted by molar-refractivity contribution is -0.00488. The van der Waals surface area contributed by atoms with E-state index in [-0.39, 0.29) is 22.8 Å². The molecule has 20 heavy (non-hydrogen) atoms. The highest BCUT2D eigenvalue weighted by atomic mass is 35.5. The summed E-state index contributed by atoms with van der Waals surface area (Å²) in [5.74, 6) is 0.677. The molecule has 3 nitrogen and oxygen atoms in total. The van der Waals surface area contributed by atoms with Crippen LogP contribution in [0.4, 0.5) is 0 Å². The second-order valence-electron chi connectivity index (χ2n) is 6.37. The van der Waals surface area contributed by atoms with Crippen molar-refractivity contribution in [3.05, 3.63) is 0 Å². The summed E-state index contributed by atoms with van der Waals surface area (Å²) in [5, 5.41) is 19.5. The number of hydrogen-bond acceptors (Lipinski definition) is 3. The van der Waals surface area contributed by atoms with Crippen molar-refractivity contribution in [2.24, 2.45) is 11.8 Å². The minimum absolute atomic E-state index is 0.0332. The Balaban J connectivity index is 1.97. The van der Waals surface area contributed by atoms with Gasteiger partial charge in [0.15, 0.2) is 0 Å². The van der Waals surface area contributed by atoms with Gasteiger partial charge in [-0.3, -0.25) is 0 Å². The number of aliphatic hydroxyl groups excluding tert-OH is 2. The van der Waals surface area contributed by atoms with Crippen LogP contribution in [-0.2, 0) is 0 Å². The Morgan fingerprint density at radius 3 is 2.30 bits per heavy atom. The zero-order valence-corrected chi connectivity index (χ0v) is 13.7. The van der Waals surface area contributed by atoms with Gasteiger partial charge in [-0.2, -0.15) is 0 Å². The summed E-state index contributed by atoms with van der Waals surface area (Å²) in [7, 11) is 0. The molecule has 2 aliphatic rings. The number of piperidine rings is 1. The Morgan fingerprint density at radius 2 is 1.75 bits per heavy atom. The number of rotatable bonds is 4. The molecule has 1 heterocycles. The molecule has 1 aliphatic carbocycles. The minimum Gasteiger partial charge on any atom is -0.396 e. The van der Waals surface area contributed by atoms with Crippen molar-refractivity contribution in [1.82, 2.24) is 4.90 Å². The maximum atomic E-state index is 10.4. The fourth-order valence-corrected chi connectivity index (χ4v) is 4.42. The van der Waals surface area contributed by atoms with E-state index < -0.39 is 0 Å². The van der Waals surface area contributed by atoms with Crippen molar-refractivity contribution < 1.29 is 10.2 Å². The van der Waals surface area contributed by atoms with E-state index in [1.165, 1.54) is 0 Å². The topological polar surface area (TPSA) is 43.7 Å². The van der Waals surface area contributed by atoms with Gasteiger partial charge in [0.1, 0.15) is 0 Å². The van der Waals surface area contributed by atoms with E-state index in [0.717, 1.165) is 38.8 Å². The van der Waals surface area contributed by atoms with Crippen molar-refractivity contribution in [1.29, 1.82) is 0 Å². The van der Waals surface area contributed by atoms with Crippen LogP contribution in [0, 0.1) is 11.8 Å². The van der Waals surface area contributed by atoms with E-state index in [1.54, 1.807) is 0 Å². The Hall–Kier alpha value is 0.460. The molecule has 0 amide bonds. The monoisotopic (exact) mass is 323 g/mol. The minimum atomic E-state index is -0.340. The summed E-state index contributed by atoms with van der Waals surface area (Å²) in [5.41, 5.74) is 0. The molecule has 5 atom stereocenters. The lowest BCUT2D eigenvalue weighted by Crippen LogP contribution is -2.51. The largest absolute Gasteiger partial charge is 0.396 e. The summed E-state index contributed by atoms with van der Waals surface area (Å²) >= 11 is 12.5. The average Bonchev–Trinajstić information content (AvgIpc) is 2.46. The molecular weight excluding hydrogens is 297 g/mol. The maximum absolute atomic E-state index is 10.4. The first kappa shape index (κ1) is 16.8. The summed E-state index contributed by atoms with van der Waals surface area (Å²) in [4.78, 5) is 2.48. The normalized spacial score (nSPS) is 38.9. The summed E-state index contributed by atoms with van der Waals surface area (Å²) in [6.45, 7) is 4.52. The quantitative estimate of drug-likeness (QED) is 0.781. The van der Waals surface area contributed by atoms with Crippen LogP contribution < -0.4 is 0 Å². The van der Waals surface area contributed by atoms with Gasteiger partial charge in [-0.1, -0.05) is 6.92 Å². The second-order valence-corrected chi connectivity index (χ2v) is 7.49. The van der Waals surface area contributed by atoms with Crippen molar-refractivity contribution in [3.8, 4) is 0 Å². The van der Waals surface area contributed by atoms with Crippen molar-refractivity contribution >= 4 is 23.2 Å². The Kier molecular flexibility index (Phi) is 6.43. The van der Waals surface area contributed by atoms with E-state index in [2.05, 4.69) is 11.8 Å². The first-order valence-electron chi connectivity index (χ1n) is 7.87. The number of nitrogens with zero attached hydrogens (tertiary/aromatic N) is 1. The molecule has 1 saturated carbocycles. The van der Waals surface area contributed by atoms with Gasteiger partial charge >= 0.3 is 0 Å². The smallest absolute Gasteiger partial charge is 0.0598 e. The number of hydrogen-bond donors (Lipinski definition) is 2. The van der Waals surface area contributed by atoms with E-state index in [1.807, 2.05) is 0 Å². The molecule has 5 unspecified atom stereocenters. The number of likely N-dealkylation sites (tertiary alicyclic amines) is 1. The van der Waals surface area contributed by atoms with Crippen molar-refractivity contribution in [2.75, 3.05) is 19.7 Å². The fourth-order valence-electron chi connectivity index (χ4n) is 3.83. The van der Waals surface area contributed by atoms with Gasteiger partial charge in [-0.25, -0.2) is 0 Å². The van der Waals surface area contributed by atoms with E-state index in [4.69, 9.17) is 23.2 Å². The van der Waals surface area contributed by atoms with Crippen molar-refractivity contribution in [2.45, 2.75) is 61.9 Å². The van der Waals surface area contributed by atoms with E-state index in [9.17, 15) is 10.2 Å². The van der Waals surface area contributed by atoms with E-state index >= 15 is 0 Å². The zero-order valence-electron chi connectivity index (χ0n) is 12.2. The number of halogens is 2. The maximum Gasteiger partial charge on any atom is 0.0598 e. The average molecular weight is 324 g/mol. The van der Waals surface area contributed by atoms with Gasteiger partial charge in [0, 0.05) is 18.6 Å². The molecule has 0 bridgehead atoms. The van der Waals surface area contributed by atoms with Crippen LogP contribution in [0.15, 0.2) is 0 Å². The Morgan fingerprint density at radius 1 is 1.15 bits per heavy atom. The molecule has 118 valence electrons. The molecular formula is C15H27Cl2NO2. The summed E-state index contributed by atoms with van der Waals surface area (Å²) in [6, 6.07) is 0.384. The molecule has 2 rings (SSSR count). The number of alkyl halides is 2. The fraction of sp³-hybridized carbons (Fsp3) is 1.00. The predicted octanol–water partition coefficient (Wildman–Crippen LogP) is 2.46. The van der Waals surface area contributed by atoms with Crippen LogP contribution in [-0.4, -0.2) is 57.7 Å². The van der Waals surface area contributed by atoms with E-state index in [0.29, 0.717) is 25.0 Å². The van der Waals surface area contributed by atoms with Crippen molar-refractivity contribution in [3.63, 3.8) is 0 Å². The lowest BCUT2D eigenvalue weighted by atomic mass is 9.78. The van der Waals surface area contributed by atoms with Gasteiger partial charge in [-0.05, 0) is 51.1 Å². The molecule has 1 saturated heterocycles. The first-order valence-corrected chi connectivity index (χ1v) is 8.75. The van der Waals surface area contributed by atoms with Crippen LogP contribution >= 0.6 is 23.2 Å². The van der Waals surface area contributed by atoms with Gasteiger partial charge < -0.3 is 15.1 Å². The Bertz CT molecular complexity index is 298. The third-order valence-electron chi connectivity index (χ3n) is 5.14. The van der Waals surface area contributed by atoms with Crippen LogP contribution in [0.5, 0.6) is 0 Å². The van der Waals surface area contributed by atoms with Crippen LogP contribution in [0.25, 0.3) is 0 Å². The summed E-state index contributed by atoms with van der Waals surface area (Å²) in [6.07, 6.45) is 4.20. The second kappa shape index (κ2) is 7.64. The summed E-state index contributed by atoms with van der Waals surface area (Å²) < 4.78 is 0. The molecule has 0 aromatic rings. The predicted molar refractivity (Wildman–Crippen MR) is 83.5 cm³/mol. The molecule has 5 heteroatoms. The van der Waals surface area contributed by atoms with Crippen LogP contribution in [0.3, 0.4) is 0 Å². The molecule has 1 aliphatic heterocycles. The van der Waals surface area contributed by atoms with Gasteiger partial charge in [0.05, 0.1) is 16.9 Å². The van der Waals surface area contributed by atoms with Gasteiger partial charge in [0.25, 0.3) is 0 Å². The SMILES string of the molecule is CCC(C1CC(Cl)C(Cl)CC1O)N1CCC(CO)CC1. The third kappa shape index (κ3) is 3.80.